The zero-order valence-electron chi connectivity index (χ0n) is 22.9. The molecule has 43 heavy (non-hydrogen) atoms. The highest BCUT2D eigenvalue weighted by Crippen LogP contribution is 2.37. The number of nitrogens with zero attached hydrogens (tertiary/aromatic N) is 2. The molecule has 0 radical (unpaired) electrons. The number of nitrogens with one attached hydrogen (secondary N) is 1. The second-order valence-electron chi connectivity index (χ2n) is 9.15. The van der Waals surface area contributed by atoms with Crippen molar-refractivity contribution in [2.24, 2.45) is 5.10 Å². The Labute approximate surface area is 267 Å². The maximum Gasteiger partial charge on any atom is 0.264 e. The maximum atomic E-state index is 13.4. The molecule has 0 bridgehead atoms. The molecule has 0 unspecified atom stereocenters. The van der Waals surface area contributed by atoms with Crippen LogP contribution >= 0.6 is 39.1 Å². The third-order valence-electron chi connectivity index (χ3n) is 6.05. The highest BCUT2D eigenvalue weighted by atomic mass is 79.9. The molecule has 0 atom stereocenters. The van der Waals surface area contributed by atoms with Crippen LogP contribution in [0, 0.1) is 12.7 Å². The summed E-state index contributed by atoms with van der Waals surface area (Å²) in [6.45, 7) is 1.44. The number of anilines is 1. The zero-order valence-corrected chi connectivity index (χ0v) is 26.8. The van der Waals surface area contributed by atoms with Crippen LogP contribution in [0.4, 0.5) is 10.1 Å². The highest BCUT2D eigenvalue weighted by molar-refractivity contribution is 9.10. The SMILES string of the molecule is COc1cc(/C=N\NC(=O)CN(c2ccc(C)cc2)S(=O)(=O)c2ccc(F)cc2)cc(Br)c1OCc1ccc(Cl)cc1Cl. The molecule has 4 rings (SSSR count). The first-order valence-corrected chi connectivity index (χ1v) is 15.6. The van der Waals surface area contributed by atoms with E-state index < -0.39 is 28.3 Å². The molecule has 0 aliphatic heterocycles. The molecule has 0 heterocycles. The fourth-order valence-electron chi connectivity index (χ4n) is 3.85. The largest absolute Gasteiger partial charge is 0.493 e. The zero-order chi connectivity index (χ0) is 31.1. The summed E-state index contributed by atoms with van der Waals surface area (Å²) < 4.78 is 53.2. The number of halogens is 4. The van der Waals surface area contributed by atoms with E-state index in [0.29, 0.717) is 31.6 Å². The van der Waals surface area contributed by atoms with Gasteiger partial charge in [-0.1, -0.05) is 47.0 Å². The summed E-state index contributed by atoms with van der Waals surface area (Å²) in [6, 6.07) is 19.4. The molecule has 1 N–H and O–H groups in total. The number of hydrazone groups is 1. The lowest BCUT2D eigenvalue weighted by Gasteiger charge is -2.23. The van der Waals surface area contributed by atoms with Crippen molar-refractivity contribution in [3.63, 3.8) is 0 Å². The minimum atomic E-state index is -4.20. The van der Waals surface area contributed by atoms with Crippen LogP contribution < -0.4 is 19.2 Å². The molecule has 0 aliphatic rings. The number of carbonyl (C=O) groups excluding carboxylic acids is 1. The first-order chi connectivity index (χ1) is 20.5. The van der Waals surface area contributed by atoms with Crippen LogP contribution in [0.5, 0.6) is 11.5 Å². The molecule has 0 aromatic heterocycles. The summed E-state index contributed by atoms with van der Waals surface area (Å²) >= 11 is 15.7. The van der Waals surface area contributed by atoms with Crippen LogP contribution in [0.1, 0.15) is 16.7 Å². The standard InChI is InChI=1S/C30H25BrCl2FN3O5S/c1-19-3-9-24(10-4-19)37(43(39,40)25-11-7-23(34)8-12-25)17-29(38)36-35-16-20-13-26(31)30(28(14-20)41-2)42-18-21-5-6-22(32)15-27(21)33/h3-16H,17-18H2,1-2H3,(H,36,38)/b35-16-. The van der Waals surface area contributed by atoms with Crippen molar-refractivity contribution >= 4 is 67.0 Å². The number of aryl methyl sites for hydroxylation is 1. The second-order valence-corrected chi connectivity index (χ2v) is 12.7. The van der Waals surface area contributed by atoms with Crippen LogP contribution in [0.3, 0.4) is 0 Å². The van der Waals surface area contributed by atoms with Crippen LogP contribution in [-0.4, -0.2) is 34.2 Å². The van der Waals surface area contributed by atoms with Crippen molar-refractivity contribution in [3.05, 3.63) is 116 Å². The third-order valence-corrected chi connectivity index (χ3v) is 9.02. The molecular weight excluding hydrogens is 684 g/mol. The van der Waals surface area contributed by atoms with E-state index in [-0.39, 0.29) is 17.2 Å². The minimum Gasteiger partial charge on any atom is -0.493 e. The first-order valence-electron chi connectivity index (χ1n) is 12.6. The van der Waals surface area contributed by atoms with Gasteiger partial charge in [-0.3, -0.25) is 9.10 Å². The second kappa shape index (κ2) is 14.2. The molecule has 1 amide bonds. The lowest BCUT2D eigenvalue weighted by molar-refractivity contribution is -0.119. The summed E-state index contributed by atoms with van der Waals surface area (Å²) in [6.07, 6.45) is 1.37. The van der Waals surface area contributed by atoms with Crippen molar-refractivity contribution in [1.29, 1.82) is 0 Å². The average Bonchev–Trinajstić information content (AvgIpc) is 2.96. The Hall–Kier alpha value is -3.64. The van der Waals surface area contributed by atoms with E-state index >= 15 is 0 Å². The number of methoxy groups -OCH3 is 1. The lowest BCUT2D eigenvalue weighted by Crippen LogP contribution is -2.39. The Kier molecular flexibility index (Phi) is 10.7. The normalized spacial score (nSPS) is 11.4. The molecule has 8 nitrogen and oxygen atoms in total. The predicted molar refractivity (Wildman–Crippen MR) is 169 cm³/mol. The summed E-state index contributed by atoms with van der Waals surface area (Å²) in [7, 11) is -2.72. The Morgan fingerprint density at radius 1 is 1.05 bits per heavy atom. The van der Waals surface area contributed by atoms with Crippen molar-refractivity contribution in [2.45, 2.75) is 18.4 Å². The Bertz CT molecular complexity index is 1760. The van der Waals surface area contributed by atoms with Gasteiger partial charge in [-0.15, -0.1) is 0 Å². The molecule has 0 fully saturated rings. The third kappa shape index (κ3) is 8.26. The maximum absolute atomic E-state index is 13.4. The van der Waals surface area contributed by atoms with Gasteiger partial charge in [0.15, 0.2) is 11.5 Å². The van der Waals surface area contributed by atoms with E-state index in [0.717, 1.165) is 39.7 Å². The van der Waals surface area contributed by atoms with Gasteiger partial charge in [0.1, 0.15) is 19.0 Å². The average molecular weight is 709 g/mol. The first kappa shape index (κ1) is 32.3. The van der Waals surface area contributed by atoms with Gasteiger partial charge < -0.3 is 9.47 Å². The Balaban J connectivity index is 1.48. The number of rotatable bonds is 11. The predicted octanol–water partition coefficient (Wildman–Crippen LogP) is 7.14. The molecule has 13 heteroatoms. The van der Waals surface area contributed by atoms with Crippen molar-refractivity contribution < 1.29 is 27.1 Å². The number of hydrogen-bond acceptors (Lipinski definition) is 6. The van der Waals surface area contributed by atoms with Crippen molar-refractivity contribution in [3.8, 4) is 11.5 Å². The van der Waals surface area contributed by atoms with E-state index in [9.17, 15) is 17.6 Å². The summed E-state index contributed by atoms with van der Waals surface area (Å²) in [5, 5.41) is 4.97. The number of carbonyl (C=O) groups is 1. The van der Waals surface area contributed by atoms with E-state index in [1.165, 1.54) is 13.3 Å². The van der Waals surface area contributed by atoms with Gasteiger partial charge in [0, 0.05) is 15.6 Å². The van der Waals surface area contributed by atoms with Crippen LogP contribution in [-0.2, 0) is 21.4 Å². The molecular formula is C30H25BrCl2FN3O5S. The van der Waals surface area contributed by atoms with Crippen molar-refractivity contribution in [2.75, 3.05) is 18.0 Å². The summed E-state index contributed by atoms with van der Waals surface area (Å²) in [5.74, 6) is -0.465. The van der Waals surface area contributed by atoms with E-state index in [4.69, 9.17) is 32.7 Å². The summed E-state index contributed by atoms with van der Waals surface area (Å²) in [5.41, 5.74) is 4.81. The number of benzene rings is 4. The smallest absolute Gasteiger partial charge is 0.264 e. The Morgan fingerprint density at radius 2 is 1.74 bits per heavy atom. The van der Waals surface area contributed by atoms with Gasteiger partial charge in [-0.2, -0.15) is 5.10 Å². The van der Waals surface area contributed by atoms with E-state index in [2.05, 4.69) is 26.5 Å². The molecule has 0 saturated carbocycles. The van der Waals surface area contributed by atoms with Gasteiger partial charge in [0.25, 0.3) is 15.9 Å². The molecule has 224 valence electrons. The van der Waals surface area contributed by atoms with Gasteiger partial charge in [-0.25, -0.2) is 18.2 Å². The molecule has 0 aliphatic carbocycles. The number of ether oxygens (including phenoxy) is 2. The lowest BCUT2D eigenvalue weighted by atomic mass is 10.2. The van der Waals surface area contributed by atoms with E-state index in [1.54, 1.807) is 54.6 Å². The van der Waals surface area contributed by atoms with E-state index in [1.807, 2.05) is 6.92 Å². The Morgan fingerprint density at radius 3 is 2.40 bits per heavy atom. The number of amides is 1. The van der Waals surface area contributed by atoms with Crippen molar-refractivity contribution in [1.82, 2.24) is 5.43 Å². The van der Waals surface area contributed by atoms with Gasteiger partial charge in [0.05, 0.1) is 28.4 Å². The minimum absolute atomic E-state index is 0.159. The quantitative estimate of drug-likeness (QED) is 0.132. The fourth-order valence-corrected chi connectivity index (χ4v) is 6.31. The molecule has 4 aromatic rings. The number of hydrogen-bond donors (Lipinski definition) is 1. The summed E-state index contributed by atoms with van der Waals surface area (Å²) in [4.78, 5) is 12.7. The topological polar surface area (TPSA) is 97.3 Å². The molecule has 0 saturated heterocycles. The van der Waals surface area contributed by atoms with Crippen LogP contribution in [0.2, 0.25) is 10.0 Å². The fraction of sp³-hybridized carbons (Fsp3) is 0.133. The molecule has 4 aromatic carbocycles. The van der Waals surface area contributed by atoms with Gasteiger partial charge >= 0.3 is 0 Å². The number of sulfonamides is 1. The van der Waals surface area contributed by atoms with Crippen LogP contribution in [0.15, 0.2) is 93.3 Å². The van der Waals surface area contributed by atoms with Crippen LogP contribution in [0.25, 0.3) is 0 Å². The van der Waals surface area contributed by atoms with Gasteiger partial charge in [0.2, 0.25) is 0 Å². The van der Waals surface area contributed by atoms with Gasteiger partial charge in [-0.05, 0) is 89.1 Å². The molecule has 0 spiro atoms. The highest BCUT2D eigenvalue weighted by Gasteiger charge is 2.27. The monoisotopic (exact) mass is 707 g/mol.